The Bertz CT molecular complexity index is 1140. The SMILES string of the molecule is O=C(O)CC1=C(Nc2ccc(F)cc2)C(=O)N(c2ccc(F)cc2)[C@@H]1c1ccccc1. The third-order valence-electron chi connectivity index (χ3n) is 5.02. The molecule has 0 bridgehead atoms. The summed E-state index contributed by atoms with van der Waals surface area (Å²) >= 11 is 0. The van der Waals surface area contributed by atoms with Gasteiger partial charge in [-0.3, -0.25) is 14.5 Å². The summed E-state index contributed by atoms with van der Waals surface area (Å²) in [6.07, 6.45) is -0.382. The Hall–Kier alpha value is -4.00. The van der Waals surface area contributed by atoms with Gasteiger partial charge in [0.25, 0.3) is 5.91 Å². The van der Waals surface area contributed by atoms with Crippen LogP contribution in [0.4, 0.5) is 20.2 Å². The van der Waals surface area contributed by atoms with Crippen LogP contribution in [0.1, 0.15) is 18.0 Å². The van der Waals surface area contributed by atoms with E-state index in [2.05, 4.69) is 5.32 Å². The molecule has 5 nitrogen and oxygen atoms in total. The molecular weight excluding hydrogens is 402 g/mol. The standard InChI is InChI=1S/C24H18F2N2O3/c25-16-6-10-18(11-7-16)27-22-20(14-21(29)30)23(15-4-2-1-3-5-15)28(24(22)31)19-12-8-17(26)9-13-19/h1-13,23,27H,14H2,(H,29,30)/t23-/m1/s1. The van der Waals surface area contributed by atoms with Gasteiger partial charge in [0.2, 0.25) is 0 Å². The zero-order valence-electron chi connectivity index (χ0n) is 16.3. The fourth-order valence-electron chi connectivity index (χ4n) is 3.68. The molecule has 7 heteroatoms. The van der Waals surface area contributed by atoms with Gasteiger partial charge < -0.3 is 10.4 Å². The predicted octanol–water partition coefficient (Wildman–Crippen LogP) is 4.89. The lowest BCUT2D eigenvalue weighted by atomic mass is 9.96. The first kappa shape index (κ1) is 20.3. The third-order valence-corrected chi connectivity index (χ3v) is 5.02. The molecule has 0 fully saturated rings. The molecular formula is C24H18F2N2O3. The Kier molecular flexibility index (Phi) is 5.49. The molecule has 1 atom stereocenters. The zero-order valence-corrected chi connectivity index (χ0v) is 16.3. The van der Waals surface area contributed by atoms with Crippen molar-refractivity contribution in [3.8, 4) is 0 Å². The Morgan fingerprint density at radius 2 is 1.48 bits per heavy atom. The molecule has 1 aliphatic rings. The first-order chi connectivity index (χ1) is 14.9. The third kappa shape index (κ3) is 4.16. The lowest BCUT2D eigenvalue weighted by molar-refractivity contribution is -0.136. The molecule has 31 heavy (non-hydrogen) atoms. The summed E-state index contributed by atoms with van der Waals surface area (Å²) in [6, 6.07) is 19.2. The summed E-state index contributed by atoms with van der Waals surface area (Å²) in [4.78, 5) is 26.6. The number of carbonyl (C=O) groups excluding carboxylic acids is 1. The van der Waals surface area contributed by atoms with Crippen LogP contribution in [0.3, 0.4) is 0 Å². The molecule has 0 aromatic heterocycles. The van der Waals surface area contributed by atoms with E-state index in [-0.39, 0.29) is 12.1 Å². The van der Waals surface area contributed by atoms with Crippen molar-refractivity contribution < 1.29 is 23.5 Å². The molecule has 0 saturated heterocycles. The van der Waals surface area contributed by atoms with Gasteiger partial charge in [-0.25, -0.2) is 8.78 Å². The van der Waals surface area contributed by atoms with Crippen molar-refractivity contribution in [3.63, 3.8) is 0 Å². The van der Waals surface area contributed by atoms with Crippen LogP contribution < -0.4 is 10.2 Å². The van der Waals surface area contributed by atoms with E-state index in [4.69, 9.17) is 0 Å². The maximum Gasteiger partial charge on any atom is 0.307 e. The maximum atomic E-state index is 13.5. The van der Waals surface area contributed by atoms with Crippen molar-refractivity contribution in [1.82, 2.24) is 0 Å². The number of hydrogen-bond donors (Lipinski definition) is 2. The van der Waals surface area contributed by atoms with Crippen LogP contribution in [-0.4, -0.2) is 17.0 Å². The van der Waals surface area contributed by atoms with E-state index in [1.165, 1.54) is 53.4 Å². The number of carboxylic acid groups (broad SMARTS) is 1. The Labute approximate surface area is 177 Å². The first-order valence-corrected chi connectivity index (χ1v) is 9.55. The second kappa shape index (κ2) is 8.39. The minimum Gasteiger partial charge on any atom is -0.481 e. The topological polar surface area (TPSA) is 69.6 Å². The van der Waals surface area contributed by atoms with Crippen LogP contribution in [0.25, 0.3) is 0 Å². The molecule has 3 aromatic carbocycles. The molecule has 0 radical (unpaired) electrons. The molecule has 1 heterocycles. The molecule has 1 aliphatic heterocycles. The number of carboxylic acids is 1. The highest BCUT2D eigenvalue weighted by molar-refractivity contribution is 6.12. The van der Waals surface area contributed by atoms with Gasteiger partial charge in [0.05, 0.1) is 12.5 Å². The average Bonchev–Trinajstić information content (AvgIpc) is 3.02. The van der Waals surface area contributed by atoms with Crippen molar-refractivity contribution in [2.24, 2.45) is 0 Å². The number of anilines is 2. The fraction of sp³-hybridized carbons (Fsp3) is 0.0833. The van der Waals surface area contributed by atoms with Crippen molar-refractivity contribution in [3.05, 3.63) is 107 Å². The predicted molar refractivity (Wildman–Crippen MR) is 112 cm³/mol. The van der Waals surface area contributed by atoms with Gasteiger partial charge in [0.1, 0.15) is 17.3 Å². The number of carbonyl (C=O) groups is 2. The van der Waals surface area contributed by atoms with Crippen molar-refractivity contribution in [2.45, 2.75) is 12.5 Å². The largest absolute Gasteiger partial charge is 0.481 e. The van der Waals surface area contributed by atoms with Gasteiger partial charge in [-0.2, -0.15) is 0 Å². The number of halogens is 2. The number of rotatable bonds is 6. The molecule has 0 unspecified atom stereocenters. The minimum atomic E-state index is -1.09. The van der Waals surface area contributed by atoms with E-state index >= 15 is 0 Å². The number of nitrogens with one attached hydrogen (secondary N) is 1. The summed E-state index contributed by atoms with van der Waals surface area (Å²) in [5, 5.41) is 12.5. The molecule has 0 aliphatic carbocycles. The van der Waals surface area contributed by atoms with Gasteiger partial charge >= 0.3 is 5.97 Å². The zero-order chi connectivity index (χ0) is 22.0. The van der Waals surface area contributed by atoms with Gasteiger partial charge in [-0.15, -0.1) is 0 Å². The van der Waals surface area contributed by atoms with E-state index in [1.807, 2.05) is 6.07 Å². The first-order valence-electron chi connectivity index (χ1n) is 9.55. The molecule has 156 valence electrons. The number of hydrogen-bond acceptors (Lipinski definition) is 3. The lowest BCUT2D eigenvalue weighted by Crippen LogP contribution is -2.31. The highest BCUT2D eigenvalue weighted by Gasteiger charge is 2.41. The van der Waals surface area contributed by atoms with Crippen LogP contribution >= 0.6 is 0 Å². The van der Waals surface area contributed by atoms with Gasteiger partial charge in [-0.05, 0) is 59.7 Å². The monoisotopic (exact) mass is 420 g/mol. The molecule has 4 rings (SSSR count). The Balaban J connectivity index is 1.85. The van der Waals surface area contributed by atoms with Crippen molar-refractivity contribution >= 4 is 23.3 Å². The van der Waals surface area contributed by atoms with Gasteiger partial charge in [-0.1, -0.05) is 30.3 Å². The minimum absolute atomic E-state index is 0.104. The quantitative estimate of drug-likeness (QED) is 0.596. The summed E-state index contributed by atoms with van der Waals surface area (Å²) in [7, 11) is 0. The smallest absolute Gasteiger partial charge is 0.307 e. The second-order valence-electron chi connectivity index (χ2n) is 7.07. The summed E-state index contributed by atoms with van der Waals surface area (Å²) in [6.45, 7) is 0. The maximum absolute atomic E-state index is 13.5. The van der Waals surface area contributed by atoms with Crippen LogP contribution in [0.5, 0.6) is 0 Å². The number of nitrogens with zero attached hydrogens (tertiary/aromatic N) is 1. The number of benzene rings is 3. The van der Waals surface area contributed by atoms with Crippen LogP contribution in [0, 0.1) is 11.6 Å². The number of aliphatic carboxylic acids is 1. The highest BCUT2D eigenvalue weighted by atomic mass is 19.1. The molecule has 3 aromatic rings. The molecule has 0 spiro atoms. The summed E-state index contributed by atoms with van der Waals surface area (Å²) < 4.78 is 26.8. The van der Waals surface area contributed by atoms with Crippen LogP contribution in [0.15, 0.2) is 90.1 Å². The van der Waals surface area contributed by atoms with E-state index in [1.54, 1.807) is 24.3 Å². The number of amides is 1. The second-order valence-corrected chi connectivity index (χ2v) is 7.07. The van der Waals surface area contributed by atoms with Crippen molar-refractivity contribution in [1.29, 1.82) is 0 Å². The fourth-order valence-corrected chi connectivity index (χ4v) is 3.68. The van der Waals surface area contributed by atoms with Gasteiger partial charge in [0, 0.05) is 11.4 Å². The van der Waals surface area contributed by atoms with E-state index in [0.717, 1.165) is 0 Å². The molecule has 1 amide bonds. The Morgan fingerprint density at radius 3 is 2.06 bits per heavy atom. The normalized spacial score (nSPS) is 16.0. The van der Waals surface area contributed by atoms with Crippen LogP contribution in [0.2, 0.25) is 0 Å². The summed E-state index contributed by atoms with van der Waals surface area (Å²) in [5.74, 6) is -2.43. The van der Waals surface area contributed by atoms with Gasteiger partial charge in [0.15, 0.2) is 0 Å². The molecule has 0 saturated carbocycles. The van der Waals surface area contributed by atoms with E-state index in [0.29, 0.717) is 22.5 Å². The van der Waals surface area contributed by atoms with Crippen LogP contribution in [-0.2, 0) is 9.59 Å². The highest BCUT2D eigenvalue weighted by Crippen LogP contribution is 2.42. The van der Waals surface area contributed by atoms with E-state index < -0.39 is 29.6 Å². The van der Waals surface area contributed by atoms with E-state index in [9.17, 15) is 23.5 Å². The average molecular weight is 420 g/mol. The Morgan fingerprint density at radius 1 is 0.903 bits per heavy atom. The molecule has 2 N–H and O–H groups in total. The lowest BCUT2D eigenvalue weighted by Gasteiger charge is -2.27. The van der Waals surface area contributed by atoms with Crippen molar-refractivity contribution in [2.75, 3.05) is 10.2 Å². The summed E-state index contributed by atoms with van der Waals surface area (Å²) in [5.41, 5.74) is 2.05.